The van der Waals surface area contributed by atoms with Gasteiger partial charge in [-0.05, 0) is 36.8 Å². The van der Waals surface area contributed by atoms with Crippen LogP contribution in [0.4, 0.5) is 17.6 Å². The monoisotopic (exact) mass is 378 g/mol. The highest BCUT2D eigenvalue weighted by Crippen LogP contribution is 2.29. The van der Waals surface area contributed by atoms with Crippen molar-refractivity contribution in [2.45, 2.75) is 26.2 Å². The molecule has 0 aliphatic rings. The Kier molecular flexibility index (Phi) is 6.77. The molecule has 0 saturated heterocycles. The van der Waals surface area contributed by atoms with Gasteiger partial charge in [0.05, 0.1) is 23.7 Å². The molecule has 2 N–H and O–H groups in total. The normalized spacial score (nSPS) is 11.8. The van der Waals surface area contributed by atoms with Crippen LogP contribution in [0.3, 0.4) is 0 Å². The molecular weight excluding hydrogens is 360 g/mol. The number of alkyl halides is 3. The number of aliphatic imine (C=N–C) groups is 1. The summed E-state index contributed by atoms with van der Waals surface area (Å²) in [6.45, 7) is 2.74. The minimum Gasteiger partial charge on any atom is -0.357 e. The summed E-state index contributed by atoms with van der Waals surface area (Å²) in [5.41, 5.74) is 0.509. The third-order valence-corrected chi connectivity index (χ3v) is 3.67. The molecule has 4 nitrogen and oxygen atoms in total. The summed E-state index contributed by atoms with van der Waals surface area (Å²) in [6.07, 6.45) is -4.37. The molecule has 2 aromatic rings. The molecular formula is C19H18F4N4. The van der Waals surface area contributed by atoms with Gasteiger partial charge in [-0.3, -0.25) is 0 Å². The lowest BCUT2D eigenvalue weighted by molar-refractivity contribution is -0.137. The Morgan fingerprint density at radius 3 is 2.37 bits per heavy atom. The van der Waals surface area contributed by atoms with Gasteiger partial charge in [0, 0.05) is 18.7 Å². The molecule has 0 aliphatic carbocycles. The van der Waals surface area contributed by atoms with Crippen molar-refractivity contribution in [2.24, 2.45) is 4.99 Å². The number of hydrogen-bond acceptors (Lipinski definition) is 2. The topological polar surface area (TPSA) is 60.2 Å². The van der Waals surface area contributed by atoms with Crippen LogP contribution in [0.2, 0.25) is 0 Å². The van der Waals surface area contributed by atoms with E-state index in [0.717, 1.165) is 18.2 Å². The molecule has 142 valence electrons. The van der Waals surface area contributed by atoms with Gasteiger partial charge in [0.2, 0.25) is 0 Å². The lowest BCUT2D eigenvalue weighted by atomic mass is 10.1. The van der Waals surface area contributed by atoms with Gasteiger partial charge in [-0.25, -0.2) is 9.38 Å². The van der Waals surface area contributed by atoms with Crippen LogP contribution in [0.15, 0.2) is 47.5 Å². The van der Waals surface area contributed by atoms with Crippen molar-refractivity contribution in [1.82, 2.24) is 10.6 Å². The summed E-state index contributed by atoms with van der Waals surface area (Å²) >= 11 is 0. The molecule has 0 bridgehead atoms. The van der Waals surface area contributed by atoms with E-state index in [9.17, 15) is 17.6 Å². The molecule has 0 aromatic heterocycles. The minimum atomic E-state index is -4.37. The molecule has 0 radical (unpaired) electrons. The lowest BCUT2D eigenvalue weighted by Crippen LogP contribution is -2.37. The number of benzene rings is 2. The maximum atomic E-state index is 13.9. The molecule has 0 unspecified atom stereocenters. The molecule has 0 amide bonds. The Morgan fingerprint density at radius 2 is 1.81 bits per heavy atom. The van der Waals surface area contributed by atoms with Crippen LogP contribution in [0.5, 0.6) is 0 Å². The largest absolute Gasteiger partial charge is 0.416 e. The summed E-state index contributed by atoms with van der Waals surface area (Å²) in [6, 6.07) is 10.8. The third-order valence-electron chi connectivity index (χ3n) is 3.67. The third kappa shape index (κ3) is 5.99. The predicted octanol–water partition coefficient (Wildman–Crippen LogP) is 3.97. The number of hydrogen-bond donors (Lipinski definition) is 2. The van der Waals surface area contributed by atoms with E-state index in [2.05, 4.69) is 15.6 Å². The van der Waals surface area contributed by atoms with Crippen LogP contribution in [0.25, 0.3) is 0 Å². The minimum absolute atomic E-state index is 0.149. The van der Waals surface area contributed by atoms with Crippen molar-refractivity contribution >= 4 is 5.96 Å². The summed E-state index contributed by atoms with van der Waals surface area (Å²) in [5.74, 6) is -0.0960. The van der Waals surface area contributed by atoms with Gasteiger partial charge < -0.3 is 10.6 Å². The molecule has 0 heterocycles. The Morgan fingerprint density at radius 1 is 1.11 bits per heavy atom. The molecule has 0 aliphatic heterocycles. The molecule has 0 spiro atoms. The highest BCUT2D eigenvalue weighted by molar-refractivity contribution is 5.79. The van der Waals surface area contributed by atoms with E-state index in [-0.39, 0.29) is 18.7 Å². The number of guanidine groups is 1. The SMILES string of the molecule is CCNC(=NCc1ccc(C(F)(F)F)cc1)NCc1ccc(C#N)cc1F. The van der Waals surface area contributed by atoms with Crippen molar-refractivity contribution in [3.63, 3.8) is 0 Å². The summed E-state index contributed by atoms with van der Waals surface area (Å²) in [5, 5.41) is 14.7. The van der Waals surface area contributed by atoms with Gasteiger partial charge in [-0.2, -0.15) is 18.4 Å². The second-order valence-electron chi connectivity index (χ2n) is 5.66. The van der Waals surface area contributed by atoms with E-state index in [0.29, 0.717) is 23.6 Å². The molecule has 0 saturated carbocycles. The average Bonchev–Trinajstić information content (AvgIpc) is 2.64. The van der Waals surface area contributed by atoms with E-state index in [1.807, 2.05) is 13.0 Å². The van der Waals surface area contributed by atoms with Crippen LogP contribution >= 0.6 is 0 Å². The molecule has 0 atom stereocenters. The van der Waals surface area contributed by atoms with Crippen molar-refractivity contribution < 1.29 is 17.6 Å². The molecule has 8 heteroatoms. The summed E-state index contributed by atoms with van der Waals surface area (Å²) < 4.78 is 51.7. The first-order valence-electron chi connectivity index (χ1n) is 8.20. The molecule has 2 aromatic carbocycles. The highest BCUT2D eigenvalue weighted by Gasteiger charge is 2.29. The Labute approximate surface area is 154 Å². The van der Waals surface area contributed by atoms with Crippen molar-refractivity contribution in [1.29, 1.82) is 5.26 Å². The summed E-state index contributed by atoms with van der Waals surface area (Å²) in [4.78, 5) is 4.29. The fourth-order valence-corrected chi connectivity index (χ4v) is 2.25. The number of nitrogens with zero attached hydrogens (tertiary/aromatic N) is 2. The molecule has 27 heavy (non-hydrogen) atoms. The number of halogens is 4. The zero-order valence-electron chi connectivity index (χ0n) is 14.6. The second kappa shape index (κ2) is 9.03. The van der Waals surface area contributed by atoms with Crippen molar-refractivity contribution in [3.05, 3.63) is 70.5 Å². The Hall–Kier alpha value is -3.08. The molecule has 0 fully saturated rings. The Bertz CT molecular complexity index is 836. The lowest BCUT2D eigenvalue weighted by Gasteiger charge is -2.12. The van der Waals surface area contributed by atoms with Crippen molar-refractivity contribution in [3.8, 4) is 6.07 Å². The molecule has 2 rings (SSSR count). The number of nitriles is 1. The zero-order chi connectivity index (χ0) is 19.9. The Balaban J connectivity index is 2.03. The number of rotatable bonds is 5. The van der Waals surface area contributed by atoms with E-state index in [1.54, 1.807) is 0 Å². The van der Waals surface area contributed by atoms with E-state index in [4.69, 9.17) is 5.26 Å². The average molecular weight is 378 g/mol. The van der Waals surface area contributed by atoms with Crippen LogP contribution in [-0.2, 0) is 19.3 Å². The maximum absolute atomic E-state index is 13.9. The zero-order valence-corrected chi connectivity index (χ0v) is 14.6. The number of nitrogens with one attached hydrogen (secondary N) is 2. The quantitative estimate of drug-likeness (QED) is 0.470. The van der Waals surface area contributed by atoms with Gasteiger partial charge >= 0.3 is 6.18 Å². The second-order valence-corrected chi connectivity index (χ2v) is 5.66. The fraction of sp³-hybridized carbons (Fsp3) is 0.263. The van der Waals surface area contributed by atoms with Crippen LogP contribution in [0.1, 0.15) is 29.2 Å². The van der Waals surface area contributed by atoms with E-state index < -0.39 is 17.6 Å². The van der Waals surface area contributed by atoms with Gasteiger partial charge in [-0.15, -0.1) is 0 Å². The van der Waals surface area contributed by atoms with E-state index >= 15 is 0 Å². The maximum Gasteiger partial charge on any atom is 0.416 e. The fourth-order valence-electron chi connectivity index (χ4n) is 2.25. The van der Waals surface area contributed by atoms with Gasteiger partial charge in [0.1, 0.15) is 5.82 Å². The predicted molar refractivity (Wildman–Crippen MR) is 94.2 cm³/mol. The van der Waals surface area contributed by atoms with Crippen LogP contribution in [0, 0.1) is 17.1 Å². The first kappa shape index (κ1) is 20.2. The van der Waals surface area contributed by atoms with Crippen LogP contribution < -0.4 is 10.6 Å². The standard InChI is InChI=1S/C19H18F4N4/c1-2-25-18(27-12-15-6-3-14(10-24)9-17(15)20)26-11-13-4-7-16(8-5-13)19(21,22)23/h3-9H,2,11-12H2,1H3,(H2,25,26,27). The first-order valence-corrected chi connectivity index (χ1v) is 8.20. The van der Waals surface area contributed by atoms with Crippen molar-refractivity contribution in [2.75, 3.05) is 6.54 Å². The highest BCUT2D eigenvalue weighted by atomic mass is 19.4. The van der Waals surface area contributed by atoms with E-state index in [1.165, 1.54) is 24.3 Å². The smallest absolute Gasteiger partial charge is 0.357 e. The van der Waals surface area contributed by atoms with Gasteiger partial charge in [-0.1, -0.05) is 18.2 Å². The van der Waals surface area contributed by atoms with Gasteiger partial charge in [0.15, 0.2) is 5.96 Å². The van der Waals surface area contributed by atoms with Crippen LogP contribution in [-0.4, -0.2) is 12.5 Å². The van der Waals surface area contributed by atoms with Gasteiger partial charge in [0.25, 0.3) is 0 Å². The first-order chi connectivity index (χ1) is 12.8. The summed E-state index contributed by atoms with van der Waals surface area (Å²) in [7, 11) is 0.